The van der Waals surface area contributed by atoms with Crippen LogP contribution in [0.2, 0.25) is 0 Å². The second kappa shape index (κ2) is 9.36. The molecule has 0 radical (unpaired) electrons. The number of fused-ring (bicyclic) bond motifs is 1. The van der Waals surface area contributed by atoms with Gasteiger partial charge in [0.15, 0.2) is 16.6 Å². The highest BCUT2D eigenvalue weighted by Crippen LogP contribution is 2.31. The van der Waals surface area contributed by atoms with Gasteiger partial charge in [0, 0.05) is 24.7 Å². The second-order valence-corrected chi connectivity index (χ2v) is 8.02. The molecule has 0 saturated heterocycles. The highest BCUT2D eigenvalue weighted by molar-refractivity contribution is 7.22. The van der Waals surface area contributed by atoms with Crippen molar-refractivity contribution in [3.05, 3.63) is 66.1 Å². The minimum Gasteiger partial charge on any atom is -0.355 e. The lowest BCUT2D eigenvalue weighted by molar-refractivity contribution is 0.0975. The summed E-state index contributed by atoms with van der Waals surface area (Å²) in [6.45, 7) is 6.97. The van der Waals surface area contributed by atoms with E-state index in [1.54, 1.807) is 23.1 Å². The number of amides is 1. The maximum Gasteiger partial charge on any atom is 0.282 e. The molecule has 0 aliphatic heterocycles. The summed E-state index contributed by atoms with van der Waals surface area (Å²) in [6, 6.07) is 15.9. The van der Waals surface area contributed by atoms with Crippen molar-refractivity contribution in [2.45, 2.75) is 13.8 Å². The highest BCUT2D eigenvalue weighted by Gasteiger charge is 2.25. The normalized spacial score (nSPS) is 11.4. The average Bonchev–Trinajstić information content (AvgIpc) is 3.45. The fourth-order valence-electron chi connectivity index (χ4n) is 3.34. The Morgan fingerprint density at radius 2 is 1.84 bits per heavy atom. The summed E-state index contributed by atoms with van der Waals surface area (Å²) in [5.41, 5.74) is 1.30. The first-order valence-electron chi connectivity index (χ1n) is 10.2. The first kappa shape index (κ1) is 21.1. The maximum atomic E-state index is 14.2. The van der Waals surface area contributed by atoms with Gasteiger partial charge in [-0.2, -0.15) is 0 Å². The Bertz CT molecular complexity index is 1170. The van der Waals surface area contributed by atoms with Gasteiger partial charge < -0.3 is 9.42 Å². The molecule has 2 heterocycles. The number of hydrogen-bond donors (Lipinski definition) is 0. The zero-order valence-electron chi connectivity index (χ0n) is 17.4. The Balaban J connectivity index is 1.67. The van der Waals surface area contributed by atoms with Crippen LogP contribution >= 0.6 is 11.3 Å². The summed E-state index contributed by atoms with van der Waals surface area (Å²) in [5.74, 6) is -0.204. The Kier molecular flexibility index (Phi) is 6.39. The molecule has 4 rings (SSSR count). The first-order valence-corrected chi connectivity index (χ1v) is 11.0. The van der Waals surface area contributed by atoms with E-state index in [1.165, 1.54) is 17.4 Å². The van der Waals surface area contributed by atoms with Gasteiger partial charge in [-0.05, 0) is 25.2 Å². The minimum atomic E-state index is -0.399. The molecular formula is C23H23FN4O2S. The first-order chi connectivity index (χ1) is 15.1. The number of halogens is 1. The molecule has 0 saturated carbocycles. The standard InChI is InChI=1S/C23H23FN4O2S/c1-3-27(4-2)13-14-28(23-25-21-17(24)11-8-12-20(21)31-23)22(29)18-15-19(30-26-18)16-9-6-5-7-10-16/h5-12,15H,3-4,13-14H2,1-2H3. The van der Waals surface area contributed by atoms with E-state index in [-0.39, 0.29) is 17.1 Å². The van der Waals surface area contributed by atoms with Gasteiger partial charge in [-0.3, -0.25) is 9.69 Å². The van der Waals surface area contributed by atoms with E-state index < -0.39 is 5.82 Å². The van der Waals surface area contributed by atoms with Crippen LogP contribution < -0.4 is 4.90 Å². The number of hydrogen-bond acceptors (Lipinski definition) is 6. The van der Waals surface area contributed by atoms with Gasteiger partial charge in [0.05, 0.1) is 4.70 Å². The van der Waals surface area contributed by atoms with Crippen LogP contribution in [0.1, 0.15) is 24.3 Å². The van der Waals surface area contributed by atoms with Crippen molar-refractivity contribution in [3.63, 3.8) is 0 Å². The summed E-state index contributed by atoms with van der Waals surface area (Å²) in [7, 11) is 0. The number of anilines is 1. The SMILES string of the molecule is CCN(CC)CCN(C(=O)c1cc(-c2ccccc2)on1)c1nc2c(F)cccc2s1. The largest absolute Gasteiger partial charge is 0.355 e. The molecule has 2 aromatic heterocycles. The zero-order valence-corrected chi connectivity index (χ0v) is 18.2. The van der Waals surface area contributed by atoms with Crippen molar-refractivity contribution in [3.8, 4) is 11.3 Å². The predicted molar refractivity (Wildman–Crippen MR) is 121 cm³/mol. The van der Waals surface area contributed by atoms with Crippen LogP contribution in [0.15, 0.2) is 59.1 Å². The molecule has 8 heteroatoms. The lowest BCUT2D eigenvalue weighted by Gasteiger charge is -2.24. The van der Waals surface area contributed by atoms with Gasteiger partial charge >= 0.3 is 0 Å². The van der Waals surface area contributed by atoms with E-state index in [1.807, 2.05) is 30.3 Å². The molecule has 0 aliphatic rings. The van der Waals surface area contributed by atoms with Crippen molar-refractivity contribution >= 4 is 32.6 Å². The summed E-state index contributed by atoms with van der Waals surface area (Å²) >= 11 is 1.29. The fourth-order valence-corrected chi connectivity index (χ4v) is 4.34. The van der Waals surface area contributed by atoms with Crippen LogP contribution in [-0.4, -0.2) is 47.1 Å². The number of rotatable bonds is 8. The molecule has 2 aromatic carbocycles. The van der Waals surface area contributed by atoms with Crippen LogP contribution in [0.5, 0.6) is 0 Å². The van der Waals surface area contributed by atoms with Crippen molar-refractivity contribution in [1.29, 1.82) is 0 Å². The lowest BCUT2D eigenvalue weighted by atomic mass is 10.1. The van der Waals surface area contributed by atoms with E-state index in [0.29, 0.717) is 28.7 Å². The molecule has 4 aromatic rings. The number of benzene rings is 2. The van der Waals surface area contributed by atoms with Crippen LogP contribution in [0.3, 0.4) is 0 Å². The quantitative estimate of drug-likeness (QED) is 0.384. The molecule has 0 spiro atoms. The molecule has 160 valence electrons. The Labute approximate surface area is 183 Å². The number of carbonyl (C=O) groups excluding carboxylic acids is 1. The third kappa shape index (κ3) is 4.50. The van der Waals surface area contributed by atoms with Gasteiger partial charge in [0.2, 0.25) is 0 Å². The van der Waals surface area contributed by atoms with Crippen LogP contribution in [-0.2, 0) is 0 Å². The predicted octanol–water partition coefficient (Wildman–Crippen LogP) is 5.08. The summed E-state index contributed by atoms with van der Waals surface area (Å²) < 4.78 is 20.3. The number of para-hydroxylation sites is 1. The Hall–Kier alpha value is -3.10. The van der Waals surface area contributed by atoms with E-state index in [4.69, 9.17) is 4.52 Å². The number of thiazole rings is 1. The Morgan fingerprint density at radius 1 is 1.06 bits per heavy atom. The minimum absolute atomic E-state index is 0.193. The number of nitrogens with zero attached hydrogens (tertiary/aromatic N) is 4. The number of likely N-dealkylation sites (N-methyl/N-ethyl adjacent to an activating group) is 1. The molecule has 1 amide bonds. The molecule has 0 N–H and O–H groups in total. The lowest BCUT2D eigenvalue weighted by Crippen LogP contribution is -2.39. The van der Waals surface area contributed by atoms with Crippen LogP contribution in [0, 0.1) is 5.82 Å². The zero-order chi connectivity index (χ0) is 21.8. The molecule has 31 heavy (non-hydrogen) atoms. The van der Waals surface area contributed by atoms with E-state index >= 15 is 0 Å². The van der Waals surface area contributed by atoms with Crippen molar-refractivity contribution in [2.75, 3.05) is 31.1 Å². The summed E-state index contributed by atoms with van der Waals surface area (Å²) in [5, 5.41) is 4.45. The molecular weight excluding hydrogens is 415 g/mol. The highest BCUT2D eigenvalue weighted by atomic mass is 32.1. The van der Waals surface area contributed by atoms with Crippen LogP contribution in [0.4, 0.5) is 9.52 Å². The van der Waals surface area contributed by atoms with Gasteiger partial charge in [0.1, 0.15) is 11.3 Å². The molecule has 0 atom stereocenters. The van der Waals surface area contributed by atoms with E-state index in [2.05, 4.69) is 28.9 Å². The molecule has 0 unspecified atom stereocenters. The Morgan fingerprint density at radius 3 is 2.55 bits per heavy atom. The topological polar surface area (TPSA) is 62.5 Å². The van der Waals surface area contributed by atoms with Gasteiger partial charge in [-0.15, -0.1) is 0 Å². The fraction of sp³-hybridized carbons (Fsp3) is 0.261. The monoisotopic (exact) mass is 438 g/mol. The number of carbonyl (C=O) groups is 1. The van der Waals surface area contributed by atoms with Crippen molar-refractivity contribution < 1.29 is 13.7 Å². The molecule has 0 aliphatic carbocycles. The molecule has 0 fully saturated rings. The molecule has 0 bridgehead atoms. The van der Waals surface area contributed by atoms with Gasteiger partial charge in [0.25, 0.3) is 5.91 Å². The summed E-state index contributed by atoms with van der Waals surface area (Å²) in [4.78, 5) is 21.6. The average molecular weight is 439 g/mol. The maximum absolute atomic E-state index is 14.2. The third-order valence-corrected chi connectivity index (χ3v) is 6.20. The van der Waals surface area contributed by atoms with Gasteiger partial charge in [-0.25, -0.2) is 9.37 Å². The smallest absolute Gasteiger partial charge is 0.282 e. The molecule has 6 nitrogen and oxygen atoms in total. The van der Waals surface area contributed by atoms with Crippen molar-refractivity contribution in [2.24, 2.45) is 0 Å². The van der Waals surface area contributed by atoms with Crippen molar-refractivity contribution in [1.82, 2.24) is 15.0 Å². The number of aromatic nitrogens is 2. The van der Waals surface area contributed by atoms with E-state index in [9.17, 15) is 9.18 Å². The van der Waals surface area contributed by atoms with Crippen LogP contribution in [0.25, 0.3) is 21.5 Å². The van der Waals surface area contributed by atoms with E-state index in [0.717, 1.165) is 18.7 Å². The second-order valence-electron chi connectivity index (χ2n) is 7.01. The third-order valence-electron chi connectivity index (χ3n) is 5.16. The summed E-state index contributed by atoms with van der Waals surface area (Å²) in [6.07, 6.45) is 0. The van der Waals surface area contributed by atoms with Gasteiger partial charge in [-0.1, -0.05) is 66.7 Å².